The van der Waals surface area contributed by atoms with E-state index in [-0.39, 0.29) is 23.8 Å². The van der Waals surface area contributed by atoms with Gasteiger partial charge in [-0.05, 0) is 12.1 Å². The van der Waals surface area contributed by atoms with E-state index in [0.717, 1.165) is 0 Å². The summed E-state index contributed by atoms with van der Waals surface area (Å²) >= 11 is 0. The molecule has 0 spiro atoms. The second-order valence-electron chi connectivity index (χ2n) is 6.85. The molecule has 2 N–H and O–H groups in total. The van der Waals surface area contributed by atoms with Gasteiger partial charge in [-0.25, -0.2) is 10.4 Å². The van der Waals surface area contributed by atoms with Crippen molar-refractivity contribution >= 4 is 12.2 Å². The van der Waals surface area contributed by atoms with E-state index in [1.165, 1.54) is 6.21 Å². The molecular weight excluding hydrogens is 426 g/mol. The number of nitrogens with one attached hydrogen (secondary N) is 2. The summed E-state index contributed by atoms with van der Waals surface area (Å²) in [6.07, 6.45) is 1.07. The number of hydrogen-bond donors (Lipinski definition) is 2. The second kappa shape index (κ2) is 10.4. The molecule has 2 heterocycles. The summed E-state index contributed by atoms with van der Waals surface area (Å²) in [5, 5.41) is 13.6. The van der Waals surface area contributed by atoms with Crippen molar-refractivity contribution in [2.24, 2.45) is 5.10 Å². The molecule has 1 aromatic heterocycles. The summed E-state index contributed by atoms with van der Waals surface area (Å²) in [6, 6.07) is 16.2. The van der Waals surface area contributed by atoms with Gasteiger partial charge in [0.1, 0.15) is 18.2 Å². The lowest BCUT2D eigenvalue weighted by Crippen LogP contribution is -2.19. The molecule has 1 aliphatic heterocycles. The predicted octanol–water partition coefficient (Wildman–Crippen LogP) is 2.51. The zero-order valence-electron chi connectivity index (χ0n) is 17.8. The molecule has 10 nitrogen and oxygen atoms in total. The van der Waals surface area contributed by atoms with E-state index in [1.807, 2.05) is 12.1 Å². The number of H-pyrrole nitrogens is 1. The van der Waals surface area contributed by atoms with Crippen LogP contribution in [0.25, 0.3) is 11.3 Å². The van der Waals surface area contributed by atoms with Crippen molar-refractivity contribution in [3.8, 4) is 28.8 Å². The van der Waals surface area contributed by atoms with Crippen LogP contribution >= 0.6 is 0 Å². The molecule has 168 valence electrons. The average Bonchev–Trinajstić information content (AvgIpc) is 3.37. The van der Waals surface area contributed by atoms with Gasteiger partial charge in [0, 0.05) is 11.1 Å². The maximum atomic E-state index is 12.4. The second-order valence-corrected chi connectivity index (χ2v) is 6.85. The number of para-hydroxylation sites is 1. The third-order valence-electron chi connectivity index (χ3n) is 4.74. The number of rotatable bonds is 8. The van der Waals surface area contributed by atoms with Crippen LogP contribution in [0.2, 0.25) is 0 Å². The Hall–Kier alpha value is -4.20. The zero-order chi connectivity index (χ0) is 23.0. The first-order chi connectivity index (χ1) is 16.2. The molecule has 0 bridgehead atoms. The smallest absolute Gasteiger partial charge is 0.270 e. The van der Waals surface area contributed by atoms with Crippen LogP contribution in [0.3, 0.4) is 0 Å². The van der Waals surface area contributed by atoms with Gasteiger partial charge < -0.3 is 18.9 Å². The third kappa shape index (κ3) is 5.17. The van der Waals surface area contributed by atoms with Crippen molar-refractivity contribution in [3.05, 3.63) is 70.0 Å². The first-order valence-electron chi connectivity index (χ1n) is 10.1. The Kier molecular flexibility index (Phi) is 6.94. The van der Waals surface area contributed by atoms with Crippen molar-refractivity contribution in [3.63, 3.8) is 0 Å². The molecule has 0 saturated carbocycles. The fourth-order valence-corrected chi connectivity index (χ4v) is 3.20. The molecule has 0 unspecified atom stereocenters. The Labute approximate surface area is 189 Å². The van der Waals surface area contributed by atoms with Gasteiger partial charge in [0.25, 0.3) is 5.56 Å². The van der Waals surface area contributed by atoms with E-state index in [9.17, 15) is 10.1 Å². The number of methoxy groups -OCH3 is 1. The molecule has 0 radical (unpaired) electrons. The highest BCUT2D eigenvalue weighted by atomic mass is 16.7. The van der Waals surface area contributed by atoms with Gasteiger partial charge in [0.2, 0.25) is 5.95 Å². The molecule has 0 amide bonds. The molecule has 2 aromatic carbocycles. The van der Waals surface area contributed by atoms with Crippen LogP contribution in [0.4, 0.5) is 5.95 Å². The van der Waals surface area contributed by atoms with Gasteiger partial charge >= 0.3 is 0 Å². The van der Waals surface area contributed by atoms with Gasteiger partial charge in [-0.15, -0.1) is 0 Å². The van der Waals surface area contributed by atoms with Crippen LogP contribution in [-0.2, 0) is 9.47 Å². The number of ether oxygens (including phenoxy) is 4. The number of nitriles is 1. The molecular formula is C23H21N5O5. The van der Waals surface area contributed by atoms with Gasteiger partial charge in [-0.2, -0.15) is 10.4 Å². The van der Waals surface area contributed by atoms with Crippen LogP contribution in [-0.4, -0.2) is 49.4 Å². The minimum Gasteiger partial charge on any atom is -0.493 e. The van der Waals surface area contributed by atoms with Crippen LogP contribution in [0.5, 0.6) is 11.5 Å². The number of aromatic amines is 1. The number of anilines is 1. The van der Waals surface area contributed by atoms with Gasteiger partial charge in [0.05, 0.1) is 32.2 Å². The van der Waals surface area contributed by atoms with Crippen LogP contribution in [0.15, 0.2) is 58.4 Å². The van der Waals surface area contributed by atoms with Gasteiger partial charge in [-0.3, -0.25) is 9.78 Å². The number of benzene rings is 2. The molecule has 10 heteroatoms. The maximum Gasteiger partial charge on any atom is 0.270 e. The number of hydrazone groups is 1. The van der Waals surface area contributed by atoms with E-state index in [1.54, 1.807) is 49.6 Å². The molecule has 1 aliphatic rings. The summed E-state index contributed by atoms with van der Waals surface area (Å²) in [7, 11) is 1.54. The summed E-state index contributed by atoms with van der Waals surface area (Å²) < 4.78 is 22.1. The average molecular weight is 447 g/mol. The third-order valence-corrected chi connectivity index (χ3v) is 4.74. The highest BCUT2D eigenvalue weighted by Gasteiger charge is 2.19. The lowest BCUT2D eigenvalue weighted by atomic mass is 10.1. The molecule has 3 aromatic rings. The lowest BCUT2D eigenvalue weighted by Gasteiger charge is -2.15. The van der Waals surface area contributed by atoms with Crippen molar-refractivity contribution in [1.29, 1.82) is 5.26 Å². The summed E-state index contributed by atoms with van der Waals surface area (Å²) in [5.41, 5.74) is 3.60. The first kappa shape index (κ1) is 22.0. The maximum absolute atomic E-state index is 12.4. The first-order valence-corrected chi connectivity index (χ1v) is 10.1. The Bertz CT molecular complexity index is 1230. The number of nitrogens with zero attached hydrogens (tertiary/aromatic N) is 3. The van der Waals surface area contributed by atoms with E-state index < -0.39 is 11.8 Å². The lowest BCUT2D eigenvalue weighted by molar-refractivity contribution is -0.0687. The molecule has 4 rings (SSSR count). The van der Waals surface area contributed by atoms with Crippen molar-refractivity contribution < 1.29 is 18.9 Å². The zero-order valence-corrected chi connectivity index (χ0v) is 17.8. The standard InChI is InChI=1S/C23H21N5O5/c1-30-18-9-5-8-16(21(18)33-14-19-31-10-11-32-19)13-25-28-23-26-20(15-6-3-2-4-7-15)17(12-24)22(29)27-23/h2-9,13,19H,10-11,14H2,1H3,(H2,26,27,28,29). The molecule has 33 heavy (non-hydrogen) atoms. The quantitative estimate of drug-likeness (QED) is 0.398. The van der Waals surface area contributed by atoms with Crippen LogP contribution in [0.1, 0.15) is 11.1 Å². The Morgan fingerprint density at radius 2 is 2.03 bits per heavy atom. The largest absolute Gasteiger partial charge is 0.493 e. The highest BCUT2D eigenvalue weighted by Crippen LogP contribution is 2.30. The number of hydrogen-bond acceptors (Lipinski definition) is 9. The minimum absolute atomic E-state index is 0.0736. The SMILES string of the molecule is COc1cccc(C=NNc2nc(-c3ccccc3)c(C#N)c(=O)[nH]2)c1OCC1OCCO1. The van der Waals surface area contributed by atoms with Gasteiger partial charge in [-0.1, -0.05) is 36.4 Å². The van der Waals surface area contributed by atoms with Gasteiger partial charge in [0.15, 0.2) is 17.8 Å². The van der Waals surface area contributed by atoms with Crippen molar-refractivity contribution in [1.82, 2.24) is 9.97 Å². The van der Waals surface area contributed by atoms with Crippen LogP contribution in [0, 0.1) is 11.3 Å². The molecule has 1 fully saturated rings. The topological polar surface area (TPSA) is 131 Å². The Balaban J connectivity index is 1.56. The summed E-state index contributed by atoms with van der Waals surface area (Å²) in [6.45, 7) is 1.25. The molecule has 0 aliphatic carbocycles. The van der Waals surface area contributed by atoms with E-state index in [0.29, 0.717) is 35.8 Å². The fraction of sp³-hybridized carbons (Fsp3) is 0.217. The number of aromatic nitrogens is 2. The fourth-order valence-electron chi connectivity index (χ4n) is 3.20. The minimum atomic E-state index is -0.564. The van der Waals surface area contributed by atoms with Crippen molar-refractivity contribution in [2.45, 2.75) is 6.29 Å². The monoisotopic (exact) mass is 447 g/mol. The summed E-state index contributed by atoms with van der Waals surface area (Å²) in [4.78, 5) is 19.3. The van der Waals surface area contributed by atoms with E-state index in [2.05, 4.69) is 20.5 Å². The van der Waals surface area contributed by atoms with E-state index >= 15 is 0 Å². The molecule has 0 atom stereocenters. The summed E-state index contributed by atoms with van der Waals surface area (Å²) in [5.74, 6) is 1.08. The van der Waals surface area contributed by atoms with E-state index in [4.69, 9.17) is 18.9 Å². The predicted molar refractivity (Wildman–Crippen MR) is 120 cm³/mol. The Morgan fingerprint density at radius 1 is 1.24 bits per heavy atom. The highest BCUT2D eigenvalue weighted by molar-refractivity contribution is 5.85. The van der Waals surface area contributed by atoms with Crippen molar-refractivity contribution in [2.75, 3.05) is 32.4 Å². The Morgan fingerprint density at radius 3 is 2.76 bits per heavy atom. The normalized spacial score (nSPS) is 13.7. The molecule has 1 saturated heterocycles. The van der Waals surface area contributed by atoms with Crippen LogP contribution < -0.4 is 20.5 Å².